The summed E-state index contributed by atoms with van der Waals surface area (Å²) in [4.78, 5) is 0. The molecular weight excluding hydrogens is 364 g/mol. The predicted octanol–water partition coefficient (Wildman–Crippen LogP) is 3.38. The minimum Gasteiger partial charge on any atom is -0.394 e. The molecule has 1 unspecified atom stereocenters. The number of nitrogens with two attached hydrogens (primary N) is 1. The average molecular weight is 377 g/mol. The van der Waals surface area contributed by atoms with Crippen LogP contribution in [0.4, 0.5) is 0 Å². The zero-order valence-corrected chi connectivity index (χ0v) is 11.1. The van der Waals surface area contributed by atoms with Gasteiger partial charge in [0.2, 0.25) is 0 Å². The van der Waals surface area contributed by atoms with E-state index in [1.54, 1.807) is 0 Å². The highest BCUT2D eigenvalue weighted by atomic mass is 127. The van der Waals surface area contributed by atoms with E-state index in [0.717, 1.165) is 3.70 Å². The van der Waals surface area contributed by atoms with Crippen LogP contribution in [0.25, 0.3) is 0 Å². The van der Waals surface area contributed by atoms with Gasteiger partial charge in [-0.3, -0.25) is 0 Å². The summed E-state index contributed by atoms with van der Waals surface area (Å²) in [5.41, 5.74) is 6.76. The van der Waals surface area contributed by atoms with Gasteiger partial charge in [-0.25, -0.2) is 0 Å². The maximum atomic E-state index is 5.51. The van der Waals surface area contributed by atoms with Crippen molar-refractivity contribution in [2.75, 3.05) is 0 Å². The average Bonchev–Trinajstić information content (AvgIpc) is 1.85. The van der Waals surface area contributed by atoms with Crippen molar-refractivity contribution < 1.29 is 0 Å². The van der Waals surface area contributed by atoms with Crippen LogP contribution in [0.3, 0.4) is 0 Å². The van der Waals surface area contributed by atoms with Crippen LogP contribution in [0, 0.1) is 0 Å². The number of allylic oxidation sites excluding steroid dienone is 3. The lowest BCUT2D eigenvalue weighted by molar-refractivity contribution is 1.000. The molecule has 11 heavy (non-hydrogen) atoms. The Balaban J connectivity index is 4.11. The molecule has 0 saturated carbocycles. The molecule has 0 rings (SSSR count). The predicted molar refractivity (Wildman–Crippen MR) is 68.1 cm³/mol. The van der Waals surface area contributed by atoms with Crippen molar-refractivity contribution in [2.24, 2.45) is 5.73 Å². The Morgan fingerprint density at radius 1 is 1.64 bits per heavy atom. The van der Waals surface area contributed by atoms with Gasteiger partial charge in [0, 0.05) is 3.92 Å². The molecule has 0 aromatic rings. The van der Waals surface area contributed by atoms with Crippen LogP contribution >= 0.6 is 45.2 Å². The summed E-state index contributed by atoms with van der Waals surface area (Å²) in [7, 11) is 0. The SMILES string of the molecule is CCC(I)/C=C(C)\C=C(/N)I. The fraction of sp³-hybridized carbons (Fsp3) is 0.500. The van der Waals surface area contributed by atoms with Gasteiger partial charge >= 0.3 is 0 Å². The summed E-state index contributed by atoms with van der Waals surface area (Å²) < 4.78 is 1.47. The van der Waals surface area contributed by atoms with Crippen molar-refractivity contribution in [3.8, 4) is 0 Å². The largest absolute Gasteiger partial charge is 0.394 e. The van der Waals surface area contributed by atoms with Crippen molar-refractivity contribution in [3.05, 3.63) is 21.4 Å². The van der Waals surface area contributed by atoms with Crippen molar-refractivity contribution >= 4 is 45.2 Å². The summed E-state index contributed by atoms with van der Waals surface area (Å²) in [6, 6.07) is 0. The zero-order chi connectivity index (χ0) is 8.85. The fourth-order valence-corrected chi connectivity index (χ4v) is 1.73. The number of alkyl halides is 1. The van der Waals surface area contributed by atoms with Crippen LogP contribution in [-0.4, -0.2) is 3.92 Å². The molecule has 1 nitrogen and oxygen atoms in total. The first kappa shape index (κ1) is 11.7. The van der Waals surface area contributed by atoms with Crippen LogP contribution in [0.1, 0.15) is 20.3 Å². The normalized spacial score (nSPS) is 16.7. The molecule has 0 spiro atoms. The maximum Gasteiger partial charge on any atom is 0.0708 e. The summed E-state index contributed by atoms with van der Waals surface area (Å²) in [6.07, 6.45) is 5.39. The minimum absolute atomic E-state index is 0.625. The Labute approximate surface area is 95.8 Å². The quantitative estimate of drug-likeness (QED) is 0.347. The van der Waals surface area contributed by atoms with Gasteiger partial charge in [0.05, 0.1) is 3.70 Å². The van der Waals surface area contributed by atoms with E-state index in [2.05, 4.69) is 65.1 Å². The molecule has 0 aromatic heterocycles. The first-order chi connectivity index (χ1) is 5.06. The second-order valence-electron chi connectivity index (χ2n) is 2.36. The maximum absolute atomic E-state index is 5.51. The molecular formula is C8H13I2N. The van der Waals surface area contributed by atoms with Gasteiger partial charge in [0.25, 0.3) is 0 Å². The van der Waals surface area contributed by atoms with E-state index in [1.165, 1.54) is 12.0 Å². The van der Waals surface area contributed by atoms with E-state index >= 15 is 0 Å². The van der Waals surface area contributed by atoms with Crippen LogP contribution in [0.5, 0.6) is 0 Å². The monoisotopic (exact) mass is 377 g/mol. The van der Waals surface area contributed by atoms with Gasteiger partial charge in [-0.2, -0.15) is 0 Å². The molecule has 3 heteroatoms. The van der Waals surface area contributed by atoms with E-state index < -0.39 is 0 Å². The Kier molecular flexibility index (Phi) is 6.70. The third kappa shape index (κ3) is 7.11. The number of hydrogen-bond acceptors (Lipinski definition) is 1. The lowest BCUT2D eigenvalue weighted by Gasteiger charge is -1.99. The second kappa shape index (κ2) is 6.28. The Hall–Kier alpha value is 0.740. The van der Waals surface area contributed by atoms with Gasteiger partial charge in [-0.15, -0.1) is 0 Å². The third-order valence-electron chi connectivity index (χ3n) is 1.20. The van der Waals surface area contributed by atoms with E-state index in [-0.39, 0.29) is 0 Å². The lowest BCUT2D eigenvalue weighted by Crippen LogP contribution is -1.91. The van der Waals surface area contributed by atoms with Crippen molar-refractivity contribution in [2.45, 2.75) is 24.2 Å². The van der Waals surface area contributed by atoms with E-state index in [1.807, 2.05) is 6.08 Å². The molecule has 0 aliphatic carbocycles. The molecule has 0 radical (unpaired) electrons. The van der Waals surface area contributed by atoms with Crippen LogP contribution in [-0.2, 0) is 0 Å². The second-order valence-corrected chi connectivity index (χ2v) is 5.21. The standard InChI is InChI=1S/C8H13I2N/c1-3-7(9)4-6(2)5-8(10)11/h4-5,7H,3,11H2,1-2H3/b6-4-,8-5-. The molecule has 0 saturated heterocycles. The topological polar surface area (TPSA) is 26.0 Å². The first-order valence-corrected chi connectivity index (χ1v) is 5.83. The zero-order valence-electron chi connectivity index (χ0n) is 6.77. The van der Waals surface area contributed by atoms with Crippen LogP contribution in [0.2, 0.25) is 0 Å². The van der Waals surface area contributed by atoms with Crippen LogP contribution < -0.4 is 5.73 Å². The van der Waals surface area contributed by atoms with E-state index in [9.17, 15) is 0 Å². The molecule has 64 valence electrons. The van der Waals surface area contributed by atoms with E-state index in [0.29, 0.717) is 3.92 Å². The number of hydrogen-bond donors (Lipinski definition) is 1. The summed E-state index contributed by atoms with van der Waals surface area (Å²) in [5.74, 6) is 0. The number of halogens is 2. The molecule has 0 heterocycles. The molecule has 0 fully saturated rings. The molecule has 1 atom stereocenters. The highest BCUT2D eigenvalue weighted by Gasteiger charge is 1.94. The molecule has 2 N–H and O–H groups in total. The van der Waals surface area contributed by atoms with Gasteiger partial charge in [0.1, 0.15) is 0 Å². The smallest absolute Gasteiger partial charge is 0.0708 e. The Morgan fingerprint density at radius 2 is 2.18 bits per heavy atom. The van der Waals surface area contributed by atoms with Gasteiger partial charge in [-0.1, -0.05) is 41.2 Å². The highest BCUT2D eigenvalue weighted by Crippen LogP contribution is 2.11. The highest BCUT2D eigenvalue weighted by molar-refractivity contribution is 14.1. The minimum atomic E-state index is 0.625. The Bertz CT molecular complexity index is 169. The van der Waals surface area contributed by atoms with Crippen molar-refractivity contribution in [1.82, 2.24) is 0 Å². The molecule has 0 aromatic carbocycles. The summed E-state index contributed by atoms with van der Waals surface area (Å²) in [5, 5.41) is 0. The van der Waals surface area contributed by atoms with Crippen molar-refractivity contribution in [1.29, 1.82) is 0 Å². The van der Waals surface area contributed by atoms with Crippen molar-refractivity contribution in [3.63, 3.8) is 0 Å². The lowest BCUT2D eigenvalue weighted by atomic mass is 10.2. The molecule has 0 amide bonds. The summed E-state index contributed by atoms with van der Waals surface area (Å²) in [6.45, 7) is 4.25. The summed E-state index contributed by atoms with van der Waals surface area (Å²) >= 11 is 4.53. The van der Waals surface area contributed by atoms with Crippen LogP contribution in [0.15, 0.2) is 21.4 Å². The molecule has 0 aliphatic heterocycles. The fourth-order valence-electron chi connectivity index (χ4n) is 0.669. The first-order valence-electron chi connectivity index (χ1n) is 3.51. The van der Waals surface area contributed by atoms with E-state index in [4.69, 9.17) is 5.73 Å². The van der Waals surface area contributed by atoms with Gasteiger partial charge in [0.15, 0.2) is 0 Å². The molecule has 0 bridgehead atoms. The number of rotatable bonds is 3. The van der Waals surface area contributed by atoms with Gasteiger partial charge in [-0.05, 0) is 42.0 Å². The molecule has 0 aliphatic rings. The Morgan fingerprint density at radius 3 is 2.55 bits per heavy atom. The van der Waals surface area contributed by atoms with Gasteiger partial charge < -0.3 is 5.73 Å². The third-order valence-corrected chi connectivity index (χ3v) is 2.75.